The lowest BCUT2D eigenvalue weighted by Gasteiger charge is -2.10. The number of hydrogen-bond donors (Lipinski definition) is 1. The zero-order valence-corrected chi connectivity index (χ0v) is 10.7. The summed E-state index contributed by atoms with van der Waals surface area (Å²) in [6.07, 6.45) is 0.840. The molecule has 0 bridgehead atoms. The van der Waals surface area contributed by atoms with E-state index in [2.05, 4.69) is 32.9 Å². The molecular formula is C15H19NO. The molecule has 0 aliphatic heterocycles. The van der Waals surface area contributed by atoms with Crippen LogP contribution in [0.3, 0.4) is 0 Å². The maximum atomic E-state index is 5.64. The van der Waals surface area contributed by atoms with Crippen molar-refractivity contribution in [1.29, 1.82) is 0 Å². The summed E-state index contributed by atoms with van der Waals surface area (Å²) in [4.78, 5) is 0. The third-order valence-electron chi connectivity index (χ3n) is 3.45. The summed E-state index contributed by atoms with van der Waals surface area (Å²) in [5, 5.41) is 0. The van der Waals surface area contributed by atoms with E-state index in [1.165, 1.54) is 22.3 Å². The Hall–Kier alpha value is -1.54. The Morgan fingerprint density at radius 3 is 2.29 bits per heavy atom. The molecule has 0 atom stereocenters. The largest absolute Gasteiger partial charge is 0.464 e. The fourth-order valence-electron chi connectivity index (χ4n) is 2.02. The highest BCUT2D eigenvalue weighted by molar-refractivity contribution is 5.40. The van der Waals surface area contributed by atoms with Crippen molar-refractivity contribution in [3.05, 3.63) is 58.0 Å². The Labute approximate surface area is 102 Å². The molecule has 0 unspecified atom stereocenters. The third kappa shape index (κ3) is 2.42. The molecule has 2 N–H and O–H groups in total. The Morgan fingerprint density at radius 2 is 1.65 bits per heavy atom. The summed E-state index contributed by atoms with van der Waals surface area (Å²) in [7, 11) is 0. The predicted octanol–water partition coefficient (Wildman–Crippen LogP) is 3.25. The lowest BCUT2D eigenvalue weighted by molar-refractivity contribution is 0.475. The van der Waals surface area contributed by atoms with Crippen LogP contribution in [0.15, 0.2) is 28.7 Å². The van der Waals surface area contributed by atoms with Crippen LogP contribution in [-0.4, -0.2) is 0 Å². The molecule has 2 rings (SSSR count). The average molecular weight is 229 g/mol. The van der Waals surface area contributed by atoms with Crippen molar-refractivity contribution in [3.8, 4) is 0 Å². The minimum atomic E-state index is 0.464. The molecule has 0 aliphatic carbocycles. The van der Waals surface area contributed by atoms with Gasteiger partial charge in [0.25, 0.3) is 0 Å². The summed E-state index contributed by atoms with van der Waals surface area (Å²) in [5.41, 5.74) is 10.9. The lowest BCUT2D eigenvalue weighted by Crippen LogP contribution is -1.96. The smallest absolute Gasteiger partial charge is 0.117 e. The summed E-state index contributed by atoms with van der Waals surface area (Å²) in [6.45, 7) is 6.95. The van der Waals surface area contributed by atoms with E-state index in [1.807, 2.05) is 12.1 Å². The summed E-state index contributed by atoms with van der Waals surface area (Å²) in [5.74, 6) is 1.83. The van der Waals surface area contributed by atoms with Crippen LogP contribution in [0.4, 0.5) is 0 Å². The molecule has 0 spiro atoms. The Balaban J connectivity index is 2.27. The van der Waals surface area contributed by atoms with E-state index in [0.717, 1.165) is 17.9 Å². The van der Waals surface area contributed by atoms with E-state index < -0.39 is 0 Å². The molecule has 90 valence electrons. The van der Waals surface area contributed by atoms with Gasteiger partial charge in [-0.2, -0.15) is 0 Å². The Bertz CT molecular complexity index is 526. The van der Waals surface area contributed by atoms with Crippen LogP contribution in [0.5, 0.6) is 0 Å². The highest BCUT2D eigenvalue weighted by Crippen LogP contribution is 2.21. The monoisotopic (exact) mass is 229 g/mol. The molecule has 1 aromatic heterocycles. The van der Waals surface area contributed by atoms with Gasteiger partial charge < -0.3 is 10.2 Å². The minimum absolute atomic E-state index is 0.464. The van der Waals surface area contributed by atoms with Gasteiger partial charge in [-0.3, -0.25) is 0 Å². The number of benzene rings is 1. The molecular weight excluding hydrogens is 210 g/mol. The van der Waals surface area contributed by atoms with Crippen molar-refractivity contribution in [2.24, 2.45) is 5.73 Å². The van der Waals surface area contributed by atoms with Crippen LogP contribution in [0, 0.1) is 20.8 Å². The van der Waals surface area contributed by atoms with E-state index in [4.69, 9.17) is 10.2 Å². The molecule has 17 heavy (non-hydrogen) atoms. The first kappa shape index (κ1) is 11.9. The molecule has 0 fully saturated rings. The van der Waals surface area contributed by atoms with Crippen molar-refractivity contribution in [2.45, 2.75) is 33.7 Å². The molecule has 0 radical (unpaired) electrons. The molecule has 1 heterocycles. The fourth-order valence-corrected chi connectivity index (χ4v) is 2.02. The van der Waals surface area contributed by atoms with Crippen molar-refractivity contribution < 1.29 is 4.42 Å². The van der Waals surface area contributed by atoms with Gasteiger partial charge in [-0.25, -0.2) is 0 Å². The van der Waals surface area contributed by atoms with E-state index in [9.17, 15) is 0 Å². The number of nitrogens with two attached hydrogens (primary N) is 1. The zero-order chi connectivity index (χ0) is 12.4. The standard InChI is InChI=1S/C15H19NO/c1-10-4-5-13(12(3)11(10)2)8-14-6-7-15(9-16)17-14/h4-7H,8-9,16H2,1-3H3. The van der Waals surface area contributed by atoms with Gasteiger partial charge in [0, 0.05) is 6.42 Å². The predicted molar refractivity (Wildman–Crippen MR) is 70.1 cm³/mol. The van der Waals surface area contributed by atoms with Gasteiger partial charge in [0.1, 0.15) is 11.5 Å². The second kappa shape index (κ2) is 4.76. The number of rotatable bonds is 3. The highest BCUT2D eigenvalue weighted by atomic mass is 16.3. The van der Waals surface area contributed by atoms with Gasteiger partial charge in [-0.05, 0) is 55.2 Å². The summed E-state index contributed by atoms with van der Waals surface area (Å²) in [6, 6.07) is 8.31. The maximum absolute atomic E-state index is 5.64. The Kier molecular flexibility index (Phi) is 3.34. The quantitative estimate of drug-likeness (QED) is 0.877. The third-order valence-corrected chi connectivity index (χ3v) is 3.45. The van der Waals surface area contributed by atoms with Crippen molar-refractivity contribution in [3.63, 3.8) is 0 Å². The van der Waals surface area contributed by atoms with Gasteiger partial charge in [-0.1, -0.05) is 12.1 Å². The zero-order valence-electron chi connectivity index (χ0n) is 10.7. The van der Waals surface area contributed by atoms with Gasteiger partial charge >= 0.3 is 0 Å². The van der Waals surface area contributed by atoms with Crippen molar-refractivity contribution >= 4 is 0 Å². The molecule has 0 amide bonds. The first-order valence-electron chi connectivity index (χ1n) is 5.95. The van der Waals surface area contributed by atoms with E-state index >= 15 is 0 Å². The SMILES string of the molecule is Cc1ccc(Cc2ccc(CN)o2)c(C)c1C. The number of hydrogen-bond acceptors (Lipinski definition) is 2. The Morgan fingerprint density at radius 1 is 0.941 bits per heavy atom. The fraction of sp³-hybridized carbons (Fsp3) is 0.333. The van der Waals surface area contributed by atoms with Crippen LogP contribution in [0.1, 0.15) is 33.8 Å². The first-order valence-corrected chi connectivity index (χ1v) is 5.95. The molecule has 2 heteroatoms. The normalized spacial score (nSPS) is 10.8. The van der Waals surface area contributed by atoms with Crippen LogP contribution >= 0.6 is 0 Å². The van der Waals surface area contributed by atoms with E-state index in [1.54, 1.807) is 0 Å². The number of aryl methyl sites for hydroxylation is 1. The minimum Gasteiger partial charge on any atom is -0.464 e. The molecule has 0 aliphatic rings. The van der Waals surface area contributed by atoms with Crippen molar-refractivity contribution in [2.75, 3.05) is 0 Å². The van der Waals surface area contributed by atoms with Crippen LogP contribution in [0.25, 0.3) is 0 Å². The first-order chi connectivity index (χ1) is 8.11. The van der Waals surface area contributed by atoms with Gasteiger partial charge in [-0.15, -0.1) is 0 Å². The van der Waals surface area contributed by atoms with E-state index in [-0.39, 0.29) is 0 Å². The molecule has 0 saturated heterocycles. The van der Waals surface area contributed by atoms with Crippen LogP contribution in [-0.2, 0) is 13.0 Å². The van der Waals surface area contributed by atoms with Gasteiger partial charge in [0.15, 0.2) is 0 Å². The maximum Gasteiger partial charge on any atom is 0.117 e. The second-order valence-electron chi connectivity index (χ2n) is 4.54. The van der Waals surface area contributed by atoms with Gasteiger partial charge in [0.2, 0.25) is 0 Å². The van der Waals surface area contributed by atoms with Crippen LogP contribution < -0.4 is 5.73 Å². The van der Waals surface area contributed by atoms with Crippen molar-refractivity contribution in [1.82, 2.24) is 0 Å². The lowest BCUT2D eigenvalue weighted by atomic mass is 9.96. The molecule has 1 aromatic carbocycles. The average Bonchev–Trinajstić information content (AvgIpc) is 2.78. The number of furan rings is 1. The molecule has 2 nitrogen and oxygen atoms in total. The topological polar surface area (TPSA) is 39.2 Å². The van der Waals surface area contributed by atoms with Crippen LogP contribution in [0.2, 0.25) is 0 Å². The highest BCUT2D eigenvalue weighted by Gasteiger charge is 2.07. The summed E-state index contributed by atoms with van der Waals surface area (Å²) >= 11 is 0. The van der Waals surface area contributed by atoms with E-state index in [0.29, 0.717) is 6.54 Å². The van der Waals surface area contributed by atoms with Gasteiger partial charge in [0.05, 0.1) is 6.54 Å². The molecule has 2 aromatic rings. The second-order valence-corrected chi connectivity index (χ2v) is 4.54. The molecule has 0 saturated carbocycles. The summed E-state index contributed by atoms with van der Waals surface area (Å²) < 4.78 is 5.64.